The fourth-order valence-corrected chi connectivity index (χ4v) is 6.03. The van der Waals surface area contributed by atoms with E-state index >= 15 is 0 Å². The smallest absolute Gasteiger partial charge is 0.406 e. The lowest BCUT2D eigenvalue weighted by molar-refractivity contribution is -0.274. The maximum atomic E-state index is 13.1. The van der Waals surface area contributed by atoms with E-state index in [1.807, 2.05) is 38.1 Å². The molecule has 4 aromatic rings. The van der Waals surface area contributed by atoms with Gasteiger partial charge in [0.2, 0.25) is 0 Å². The Morgan fingerprint density at radius 3 is 2.41 bits per heavy atom. The van der Waals surface area contributed by atoms with Crippen LogP contribution in [0.2, 0.25) is 0 Å². The minimum absolute atomic E-state index is 0.138. The van der Waals surface area contributed by atoms with E-state index < -0.39 is 12.4 Å². The zero-order valence-electron chi connectivity index (χ0n) is 26.2. The molecule has 2 amide bonds. The Morgan fingerprint density at radius 1 is 1.02 bits per heavy atom. The number of rotatable bonds is 7. The minimum atomic E-state index is -4.75. The van der Waals surface area contributed by atoms with E-state index in [1.165, 1.54) is 40.8 Å². The molecule has 1 fully saturated rings. The van der Waals surface area contributed by atoms with Crippen LogP contribution in [0.1, 0.15) is 62.6 Å². The van der Waals surface area contributed by atoms with E-state index in [-0.39, 0.29) is 11.7 Å². The molecule has 0 bridgehead atoms. The van der Waals surface area contributed by atoms with E-state index in [2.05, 4.69) is 68.7 Å². The van der Waals surface area contributed by atoms with Gasteiger partial charge in [0, 0.05) is 35.2 Å². The van der Waals surface area contributed by atoms with Crippen LogP contribution in [0.15, 0.2) is 83.0 Å². The first-order valence-electron chi connectivity index (χ1n) is 14.9. The topological polar surface area (TPSA) is 85.0 Å². The summed E-state index contributed by atoms with van der Waals surface area (Å²) in [7, 11) is 0. The van der Waals surface area contributed by atoms with Crippen LogP contribution in [0, 0.1) is 6.92 Å². The van der Waals surface area contributed by atoms with Gasteiger partial charge in [-0.15, -0.1) is 18.3 Å². The second-order valence-electron chi connectivity index (χ2n) is 11.4. The Bertz CT molecular complexity index is 1750. The fourth-order valence-electron chi connectivity index (χ4n) is 5.09. The van der Waals surface area contributed by atoms with Crippen molar-refractivity contribution < 1.29 is 22.7 Å². The number of hydrogen-bond donors (Lipinski definition) is 0. The van der Waals surface area contributed by atoms with Crippen molar-refractivity contribution >= 4 is 34.4 Å². The Morgan fingerprint density at radius 2 is 1.74 bits per heavy atom. The largest absolute Gasteiger partial charge is 0.573 e. The van der Waals surface area contributed by atoms with Crippen molar-refractivity contribution in [1.82, 2.24) is 14.8 Å². The number of halogens is 3. The lowest BCUT2D eigenvalue weighted by Crippen LogP contribution is -2.35. The number of hydrogen-bond acceptors (Lipinski definition) is 5. The van der Waals surface area contributed by atoms with Gasteiger partial charge in [-0.05, 0) is 73.2 Å². The maximum Gasteiger partial charge on any atom is 0.573 e. The number of aliphatic imine (C=N–C) groups is 2. The number of ether oxygens (including phenoxy) is 1. The van der Waals surface area contributed by atoms with Crippen LogP contribution in [0.25, 0.3) is 17.1 Å². The molecule has 1 aliphatic rings. The van der Waals surface area contributed by atoms with Crippen molar-refractivity contribution in [2.24, 2.45) is 9.98 Å². The van der Waals surface area contributed by atoms with Gasteiger partial charge in [-0.2, -0.15) is 4.99 Å². The monoisotopic (exact) mass is 648 g/mol. The SMILES string of the molecule is CC(=NC(=O)N=C1SCCCN1c1cc(C)ccc1C(C)C)C(C)c1ccc(-c2ncn(-c3ccc(OC(F)(F)F)cc3)n2)cc1. The first-order chi connectivity index (χ1) is 21.9. The molecule has 12 heteroatoms. The molecule has 240 valence electrons. The van der Waals surface area contributed by atoms with Gasteiger partial charge in [-0.3, -0.25) is 0 Å². The summed E-state index contributed by atoms with van der Waals surface area (Å²) in [5, 5.41) is 5.14. The molecule has 1 atom stereocenters. The second-order valence-corrected chi connectivity index (χ2v) is 12.5. The first-order valence-corrected chi connectivity index (χ1v) is 15.9. The molecule has 3 aromatic carbocycles. The summed E-state index contributed by atoms with van der Waals surface area (Å²) in [5.74, 6) is 1.23. The average molecular weight is 649 g/mol. The van der Waals surface area contributed by atoms with Crippen LogP contribution in [0.4, 0.5) is 23.7 Å². The molecule has 8 nitrogen and oxygen atoms in total. The zero-order chi connectivity index (χ0) is 33.0. The number of aryl methyl sites for hydroxylation is 1. The van der Waals surface area contributed by atoms with E-state index in [1.54, 1.807) is 11.8 Å². The Kier molecular flexibility index (Phi) is 9.95. The number of carbonyl (C=O) groups excluding carboxylic acids is 1. The van der Waals surface area contributed by atoms with Crippen molar-refractivity contribution in [3.05, 3.63) is 89.7 Å². The summed E-state index contributed by atoms with van der Waals surface area (Å²) in [6.07, 6.45) is -2.26. The summed E-state index contributed by atoms with van der Waals surface area (Å²) in [6.45, 7) is 11.0. The third kappa shape index (κ3) is 8.03. The van der Waals surface area contributed by atoms with Crippen molar-refractivity contribution in [3.8, 4) is 22.8 Å². The van der Waals surface area contributed by atoms with Gasteiger partial charge < -0.3 is 9.64 Å². The number of benzene rings is 3. The molecule has 0 aliphatic carbocycles. The van der Waals surface area contributed by atoms with Crippen molar-refractivity contribution in [2.75, 3.05) is 17.2 Å². The third-order valence-electron chi connectivity index (χ3n) is 7.67. The van der Waals surface area contributed by atoms with E-state index in [4.69, 9.17) is 0 Å². The second kappa shape index (κ2) is 13.9. The van der Waals surface area contributed by atoms with Crippen LogP contribution in [-0.2, 0) is 0 Å². The van der Waals surface area contributed by atoms with Gasteiger partial charge in [0.05, 0.1) is 5.69 Å². The van der Waals surface area contributed by atoms with Crippen molar-refractivity contribution in [2.45, 2.75) is 59.2 Å². The van der Waals surface area contributed by atoms with Gasteiger partial charge in [0.1, 0.15) is 12.1 Å². The molecule has 1 aromatic heterocycles. The molecule has 46 heavy (non-hydrogen) atoms. The lowest BCUT2D eigenvalue weighted by Gasteiger charge is -2.32. The van der Waals surface area contributed by atoms with Crippen LogP contribution in [-0.4, -0.2) is 50.3 Å². The quantitative estimate of drug-likeness (QED) is 0.186. The summed E-state index contributed by atoms with van der Waals surface area (Å²) in [5.41, 5.74) is 6.37. The molecule has 1 unspecified atom stereocenters. The number of carbonyl (C=O) groups is 1. The number of nitrogens with zero attached hydrogens (tertiary/aromatic N) is 6. The zero-order valence-corrected chi connectivity index (χ0v) is 27.1. The van der Waals surface area contributed by atoms with Crippen LogP contribution < -0.4 is 9.64 Å². The summed E-state index contributed by atoms with van der Waals surface area (Å²) < 4.78 is 42.7. The number of urea groups is 1. The minimum Gasteiger partial charge on any atom is -0.406 e. The highest BCUT2D eigenvalue weighted by Crippen LogP contribution is 2.33. The Balaban J connectivity index is 1.27. The summed E-state index contributed by atoms with van der Waals surface area (Å²) in [4.78, 5) is 28.4. The molecule has 0 spiro atoms. The average Bonchev–Trinajstić information content (AvgIpc) is 3.51. The van der Waals surface area contributed by atoms with Crippen LogP contribution in [0.5, 0.6) is 5.75 Å². The molecule has 0 saturated carbocycles. The maximum absolute atomic E-state index is 13.1. The van der Waals surface area contributed by atoms with E-state index in [0.717, 1.165) is 41.1 Å². The molecule has 0 N–H and O–H groups in total. The van der Waals surface area contributed by atoms with Crippen molar-refractivity contribution in [3.63, 3.8) is 0 Å². The molecular formula is C34H35F3N6O2S. The molecule has 1 saturated heterocycles. The van der Waals surface area contributed by atoms with Crippen LogP contribution >= 0.6 is 11.8 Å². The predicted molar refractivity (Wildman–Crippen MR) is 178 cm³/mol. The molecule has 2 heterocycles. The standard InChI is InChI=1S/C34H35F3N6O2S/c1-21(2)29-16-7-22(3)19-30(29)42-17-6-18-46-33(42)40-32(44)39-24(5)23(4)25-8-10-26(11-9-25)31-38-20-43(41-31)27-12-14-28(15-13-27)45-34(35,36)37/h7-16,19-21,23H,6,17-18H2,1-5H3. The third-order valence-corrected chi connectivity index (χ3v) is 8.74. The summed E-state index contributed by atoms with van der Waals surface area (Å²) in [6, 6.07) is 18.9. The van der Waals surface area contributed by atoms with E-state index in [0.29, 0.717) is 28.3 Å². The summed E-state index contributed by atoms with van der Waals surface area (Å²) >= 11 is 1.58. The van der Waals surface area contributed by atoms with Gasteiger partial charge in [0.15, 0.2) is 11.0 Å². The molecule has 5 rings (SSSR count). The van der Waals surface area contributed by atoms with Crippen LogP contribution in [0.3, 0.4) is 0 Å². The number of thioether (sulfide) groups is 1. The normalized spacial score (nSPS) is 15.8. The number of amidine groups is 1. The molecule has 1 aliphatic heterocycles. The lowest BCUT2D eigenvalue weighted by atomic mass is 9.96. The predicted octanol–water partition coefficient (Wildman–Crippen LogP) is 8.95. The van der Waals surface area contributed by atoms with Gasteiger partial charge in [-0.1, -0.05) is 68.9 Å². The number of alkyl halides is 3. The highest BCUT2D eigenvalue weighted by Gasteiger charge is 2.31. The Labute approximate surface area is 270 Å². The van der Waals surface area contributed by atoms with Gasteiger partial charge >= 0.3 is 12.4 Å². The van der Waals surface area contributed by atoms with Gasteiger partial charge in [0.25, 0.3) is 0 Å². The van der Waals surface area contributed by atoms with Gasteiger partial charge in [-0.25, -0.2) is 19.5 Å². The highest BCUT2D eigenvalue weighted by molar-refractivity contribution is 8.14. The number of aromatic nitrogens is 3. The number of anilines is 1. The molecular weight excluding hydrogens is 613 g/mol. The van der Waals surface area contributed by atoms with Crippen molar-refractivity contribution in [1.29, 1.82) is 0 Å². The first kappa shape index (κ1) is 32.9. The Hall–Kier alpha value is -4.45. The molecule has 0 radical (unpaired) electrons. The number of amides is 2. The fraction of sp³-hybridized carbons (Fsp3) is 0.324. The van der Waals surface area contributed by atoms with E-state index in [9.17, 15) is 18.0 Å². The highest BCUT2D eigenvalue weighted by atomic mass is 32.2.